The Labute approximate surface area is 165 Å². The van der Waals surface area contributed by atoms with Crippen LogP contribution in [0, 0.1) is 0 Å². The number of guanidine groups is 1. The number of fused-ring (bicyclic) bond motifs is 1. The molecule has 140 valence electrons. The van der Waals surface area contributed by atoms with Gasteiger partial charge in [-0.15, -0.1) is 11.3 Å². The van der Waals surface area contributed by atoms with E-state index in [0.717, 1.165) is 33.0 Å². The number of hydrogen-bond donors (Lipinski definition) is 3. The first kappa shape index (κ1) is 19.0. The van der Waals surface area contributed by atoms with Gasteiger partial charge in [-0.3, -0.25) is 0 Å². The van der Waals surface area contributed by atoms with Gasteiger partial charge in [0.1, 0.15) is 5.60 Å². The molecule has 1 aromatic heterocycles. The smallest absolute Gasteiger partial charge is 0.231 e. The molecule has 2 aromatic rings. The van der Waals surface area contributed by atoms with Crippen molar-refractivity contribution in [2.75, 3.05) is 19.9 Å². The largest absolute Gasteiger partial charge is 0.454 e. The fourth-order valence-corrected chi connectivity index (χ4v) is 3.94. The Morgan fingerprint density at radius 1 is 1.38 bits per heavy atom. The number of hydrogen-bond acceptors (Lipinski definition) is 5. The van der Waals surface area contributed by atoms with E-state index < -0.39 is 5.60 Å². The second kappa shape index (κ2) is 8.28. The highest BCUT2D eigenvalue weighted by molar-refractivity contribution is 9.10. The number of aliphatic imine (C=N–C) groups is 1. The Kier molecular flexibility index (Phi) is 6.05. The number of thiophene rings is 1. The third-order valence-corrected chi connectivity index (χ3v) is 5.62. The lowest BCUT2D eigenvalue weighted by atomic mass is 10.1. The average Bonchev–Trinajstić information content (AvgIpc) is 3.29. The lowest BCUT2D eigenvalue weighted by molar-refractivity contribution is 0.0655. The van der Waals surface area contributed by atoms with E-state index in [0.29, 0.717) is 19.0 Å². The second-order valence-corrected chi connectivity index (χ2v) is 7.91. The quantitative estimate of drug-likeness (QED) is 0.475. The summed E-state index contributed by atoms with van der Waals surface area (Å²) in [5.74, 6) is 2.11. The Morgan fingerprint density at radius 2 is 2.23 bits per heavy atom. The Morgan fingerprint density at radius 3 is 2.96 bits per heavy atom. The maximum absolute atomic E-state index is 10.6. The number of halogens is 1. The molecule has 1 aliphatic heterocycles. The van der Waals surface area contributed by atoms with Crippen LogP contribution in [0.3, 0.4) is 0 Å². The van der Waals surface area contributed by atoms with Crippen LogP contribution < -0.4 is 20.1 Å². The van der Waals surface area contributed by atoms with Gasteiger partial charge in [-0.1, -0.05) is 6.07 Å². The molecule has 2 heterocycles. The molecule has 1 unspecified atom stereocenters. The molecule has 1 atom stereocenters. The minimum Gasteiger partial charge on any atom is -0.454 e. The minimum atomic E-state index is -0.952. The first-order valence-electron chi connectivity index (χ1n) is 8.36. The lowest BCUT2D eigenvalue weighted by Gasteiger charge is -2.23. The van der Waals surface area contributed by atoms with Crippen molar-refractivity contribution in [3.8, 4) is 11.5 Å². The van der Waals surface area contributed by atoms with Gasteiger partial charge in [0, 0.05) is 11.4 Å². The van der Waals surface area contributed by atoms with E-state index in [4.69, 9.17) is 9.47 Å². The van der Waals surface area contributed by atoms with Crippen LogP contribution >= 0.6 is 27.3 Å². The van der Waals surface area contributed by atoms with Crippen LogP contribution in [0.2, 0.25) is 0 Å². The fraction of sp³-hybridized carbons (Fsp3) is 0.389. The van der Waals surface area contributed by atoms with Crippen molar-refractivity contribution in [2.24, 2.45) is 4.99 Å². The number of ether oxygens (including phenoxy) is 2. The number of nitrogens with zero attached hydrogens (tertiary/aromatic N) is 1. The summed E-state index contributed by atoms with van der Waals surface area (Å²) in [6.45, 7) is 5.62. The molecule has 6 nitrogen and oxygen atoms in total. The summed E-state index contributed by atoms with van der Waals surface area (Å²) >= 11 is 5.03. The second-order valence-electron chi connectivity index (χ2n) is 6.11. The maximum Gasteiger partial charge on any atom is 0.231 e. The number of rotatable bonds is 6. The number of nitrogens with one attached hydrogen (secondary N) is 2. The molecule has 0 amide bonds. The normalized spacial score (nSPS) is 15.6. The Hall–Kier alpha value is -1.77. The molecular formula is C18H22BrN3O3S. The van der Waals surface area contributed by atoms with Crippen LogP contribution in [-0.2, 0) is 12.1 Å². The molecule has 0 fully saturated rings. The first-order chi connectivity index (χ1) is 12.5. The SMILES string of the molecule is CCNC(=NCc1cc(Br)c2c(c1)OCO2)NCC(C)(O)c1cccs1. The standard InChI is InChI=1S/C18H22BrN3O3S/c1-3-20-17(22-10-18(2,23)15-5-4-6-26-15)21-9-12-7-13(19)16-14(8-12)24-11-25-16/h4-8,23H,3,9-11H2,1-2H3,(H2,20,21,22). The molecule has 3 rings (SSSR count). The van der Waals surface area contributed by atoms with Crippen molar-refractivity contribution in [3.05, 3.63) is 44.6 Å². The molecule has 0 bridgehead atoms. The molecule has 8 heteroatoms. The summed E-state index contributed by atoms with van der Waals surface area (Å²) in [6, 6.07) is 7.77. The summed E-state index contributed by atoms with van der Waals surface area (Å²) in [5, 5.41) is 19.0. The molecule has 0 saturated heterocycles. The summed E-state index contributed by atoms with van der Waals surface area (Å²) in [6.07, 6.45) is 0. The minimum absolute atomic E-state index is 0.239. The topological polar surface area (TPSA) is 75.1 Å². The molecule has 0 saturated carbocycles. The molecule has 3 N–H and O–H groups in total. The summed E-state index contributed by atoms with van der Waals surface area (Å²) in [7, 11) is 0. The van der Waals surface area contributed by atoms with Gasteiger partial charge in [0.2, 0.25) is 6.79 Å². The van der Waals surface area contributed by atoms with Gasteiger partial charge in [0.25, 0.3) is 0 Å². The van der Waals surface area contributed by atoms with Crippen LogP contribution in [0.15, 0.2) is 39.1 Å². The van der Waals surface area contributed by atoms with Crippen LogP contribution in [-0.4, -0.2) is 30.9 Å². The predicted molar refractivity (Wildman–Crippen MR) is 107 cm³/mol. The van der Waals surface area contributed by atoms with Crippen molar-refractivity contribution in [3.63, 3.8) is 0 Å². The first-order valence-corrected chi connectivity index (χ1v) is 10.0. The zero-order valence-electron chi connectivity index (χ0n) is 14.7. The van der Waals surface area contributed by atoms with Crippen LogP contribution in [0.5, 0.6) is 11.5 Å². The molecule has 0 spiro atoms. The van der Waals surface area contributed by atoms with E-state index in [1.54, 1.807) is 6.92 Å². The average molecular weight is 440 g/mol. The van der Waals surface area contributed by atoms with E-state index >= 15 is 0 Å². The highest BCUT2D eigenvalue weighted by Gasteiger charge is 2.24. The third kappa shape index (κ3) is 4.49. The number of benzene rings is 1. The van der Waals surface area contributed by atoms with Gasteiger partial charge in [-0.2, -0.15) is 0 Å². The summed E-state index contributed by atoms with van der Waals surface area (Å²) in [4.78, 5) is 5.52. The molecule has 0 radical (unpaired) electrons. The van der Waals surface area contributed by atoms with Crippen LogP contribution in [0.25, 0.3) is 0 Å². The fourth-order valence-electron chi connectivity index (χ4n) is 2.55. The van der Waals surface area contributed by atoms with E-state index in [2.05, 4.69) is 31.6 Å². The highest BCUT2D eigenvalue weighted by atomic mass is 79.9. The zero-order chi connectivity index (χ0) is 18.6. The third-order valence-electron chi connectivity index (χ3n) is 3.90. The molecular weight excluding hydrogens is 418 g/mol. The van der Waals surface area contributed by atoms with Gasteiger partial charge in [0.05, 0.1) is 17.6 Å². The van der Waals surface area contributed by atoms with Crippen molar-refractivity contribution in [2.45, 2.75) is 26.0 Å². The van der Waals surface area contributed by atoms with E-state index in [-0.39, 0.29) is 6.79 Å². The molecule has 1 aromatic carbocycles. The predicted octanol–water partition coefficient (Wildman–Crippen LogP) is 3.20. The van der Waals surface area contributed by atoms with Gasteiger partial charge < -0.3 is 25.2 Å². The van der Waals surface area contributed by atoms with Crippen LogP contribution in [0.1, 0.15) is 24.3 Å². The Bertz CT molecular complexity index is 778. The van der Waals surface area contributed by atoms with Gasteiger partial charge >= 0.3 is 0 Å². The summed E-state index contributed by atoms with van der Waals surface area (Å²) < 4.78 is 11.7. The van der Waals surface area contributed by atoms with Crippen LogP contribution in [0.4, 0.5) is 0 Å². The van der Waals surface area contributed by atoms with E-state index in [1.165, 1.54) is 11.3 Å². The van der Waals surface area contributed by atoms with Crippen molar-refractivity contribution in [1.82, 2.24) is 10.6 Å². The van der Waals surface area contributed by atoms with E-state index in [1.807, 2.05) is 36.6 Å². The monoisotopic (exact) mass is 439 g/mol. The van der Waals surface area contributed by atoms with E-state index in [9.17, 15) is 5.11 Å². The van der Waals surface area contributed by atoms with Crippen molar-refractivity contribution >= 4 is 33.2 Å². The molecule has 0 aliphatic carbocycles. The Balaban J connectivity index is 1.67. The highest BCUT2D eigenvalue weighted by Crippen LogP contribution is 2.40. The maximum atomic E-state index is 10.6. The van der Waals surface area contributed by atoms with Gasteiger partial charge in [-0.05, 0) is 58.9 Å². The lowest BCUT2D eigenvalue weighted by Crippen LogP contribution is -2.44. The zero-order valence-corrected chi connectivity index (χ0v) is 17.1. The van der Waals surface area contributed by atoms with Crippen molar-refractivity contribution < 1.29 is 14.6 Å². The van der Waals surface area contributed by atoms with Gasteiger partial charge in [0.15, 0.2) is 17.5 Å². The molecule has 26 heavy (non-hydrogen) atoms. The van der Waals surface area contributed by atoms with Gasteiger partial charge in [-0.25, -0.2) is 4.99 Å². The molecule has 1 aliphatic rings. The summed E-state index contributed by atoms with van der Waals surface area (Å²) in [5.41, 5.74) is 0.0509. The van der Waals surface area contributed by atoms with Crippen molar-refractivity contribution in [1.29, 1.82) is 0 Å². The number of aliphatic hydroxyl groups is 1.